The first-order valence-electron chi connectivity index (χ1n) is 8.42. The van der Waals surface area contributed by atoms with Crippen molar-refractivity contribution < 1.29 is 13.9 Å². The third-order valence-electron chi connectivity index (χ3n) is 4.08. The highest BCUT2D eigenvalue weighted by molar-refractivity contribution is 5.90. The molecule has 0 atom stereocenters. The smallest absolute Gasteiger partial charge is 0.129 e. The van der Waals surface area contributed by atoms with Crippen molar-refractivity contribution in [2.24, 2.45) is 0 Å². The standard InChI is InChI=1S/C23H18FNO2/c1-26-21-12-10-17(11-13-21)20(15-25)14-18-6-3-5-9-23(18)27-16-19-7-2-4-8-22(19)24/h2-14H,16H2,1H3/b20-14+. The molecule has 3 rings (SSSR count). The van der Waals surface area contributed by atoms with Crippen molar-refractivity contribution in [3.8, 4) is 17.6 Å². The second-order valence-electron chi connectivity index (χ2n) is 5.82. The molecule has 0 bridgehead atoms. The van der Waals surface area contributed by atoms with Crippen LogP contribution < -0.4 is 9.47 Å². The second-order valence-corrected chi connectivity index (χ2v) is 5.82. The first kappa shape index (κ1) is 18.2. The van der Waals surface area contributed by atoms with Crippen LogP contribution in [-0.2, 0) is 6.61 Å². The molecule has 3 aromatic carbocycles. The number of rotatable bonds is 6. The molecule has 0 saturated carbocycles. The Balaban J connectivity index is 1.86. The Bertz CT molecular complexity index is 988. The van der Waals surface area contributed by atoms with Crippen molar-refractivity contribution in [1.29, 1.82) is 5.26 Å². The molecule has 3 aromatic rings. The van der Waals surface area contributed by atoms with E-state index < -0.39 is 0 Å². The lowest BCUT2D eigenvalue weighted by atomic mass is 10.0. The van der Waals surface area contributed by atoms with Gasteiger partial charge in [-0.25, -0.2) is 4.39 Å². The Kier molecular flexibility index (Phi) is 5.86. The summed E-state index contributed by atoms with van der Waals surface area (Å²) in [6.07, 6.45) is 1.76. The van der Waals surface area contributed by atoms with Gasteiger partial charge in [0.1, 0.15) is 23.9 Å². The highest BCUT2D eigenvalue weighted by Gasteiger charge is 2.07. The van der Waals surface area contributed by atoms with Crippen LogP contribution in [0.2, 0.25) is 0 Å². The van der Waals surface area contributed by atoms with E-state index in [4.69, 9.17) is 9.47 Å². The molecule has 27 heavy (non-hydrogen) atoms. The molecule has 0 aliphatic rings. The van der Waals surface area contributed by atoms with Gasteiger partial charge in [0.25, 0.3) is 0 Å². The van der Waals surface area contributed by atoms with Crippen molar-refractivity contribution in [3.63, 3.8) is 0 Å². The molecular weight excluding hydrogens is 341 g/mol. The predicted octanol–water partition coefficient (Wildman–Crippen LogP) is 5.48. The molecule has 0 aliphatic heterocycles. The topological polar surface area (TPSA) is 42.2 Å². The van der Waals surface area contributed by atoms with Crippen LogP contribution in [0.15, 0.2) is 72.8 Å². The molecule has 3 nitrogen and oxygen atoms in total. The minimum absolute atomic E-state index is 0.113. The first-order valence-corrected chi connectivity index (χ1v) is 8.42. The summed E-state index contributed by atoms with van der Waals surface area (Å²) in [6, 6.07) is 23.4. The molecule has 0 unspecified atom stereocenters. The maximum absolute atomic E-state index is 13.8. The number of hydrogen-bond acceptors (Lipinski definition) is 3. The van der Waals surface area contributed by atoms with Crippen molar-refractivity contribution in [2.45, 2.75) is 6.61 Å². The van der Waals surface area contributed by atoms with Gasteiger partial charge in [-0.05, 0) is 48.0 Å². The summed E-state index contributed by atoms with van der Waals surface area (Å²) in [7, 11) is 1.60. The summed E-state index contributed by atoms with van der Waals surface area (Å²) in [4.78, 5) is 0. The molecule has 0 aromatic heterocycles. The second kappa shape index (κ2) is 8.68. The fourth-order valence-corrected chi connectivity index (χ4v) is 2.61. The number of nitrogens with zero attached hydrogens (tertiary/aromatic N) is 1. The third kappa shape index (κ3) is 4.53. The molecule has 0 saturated heterocycles. The van der Waals surface area contributed by atoms with E-state index in [0.717, 1.165) is 16.9 Å². The van der Waals surface area contributed by atoms with E-state index in [9.17, 15) is 9.65 Å². The SMILES string of the molecule is COc1ccc(/C(C#N)=C/c2ccccc2OCc2ccccc2F)cc1. The van der Waals surface area contributed by atoms with E-state index in [0.29, 0.717) is 16.9 Å². The van der Waals surface area contributed by atoms with Gasteiger partial charge in [-0.15, -0.1) is 0 Å². The Labute approximate surface area is 157 Å². The van der Waals surface area contributed by atoms with Crippen LogP contribution in [0.1, 0.15) is 16.7 Å². The average Bonchev–Trinajstić information content (AvgIpc) is 2.72. The van der Waals surface area contributed by atoms with Crippen LogP contribution in [0.4, 0.5) is 4.39 Å². The lowest BCUT2D eigenvalue weighted by Gasteiger charge is -2.10. The number of ether oxygens (including phenoxy) is 2. The molecule has 0 spiro atoms. The Hall–Kier alpha value is -3.58. The van der Waals surface area contributed by atoms with Crippen LogP contribution in [0.25, 0.3) is 11.6 Å². The summed E-state index contributed by atoms with van der Waals surface area (Å²) >= 11 is 0. The van der Waals surface area contributed by atoms with E-state index in [2.05, 4.69) is 6.07 Å². The summed E-state index contributed by atoms with van der Waals surface area (Å²) in [6.45, 7) is 0.113. The van der Waals surface area contributed by atoms with E-state index in [1.807, 2.05) is 30.3 Å². The number of nitriles is 1. The number of para-hydroxylation sites is 1. The highest BCUT2D eigenvalue weighted by Crippen LogP contribution is 2.26. The van der Waals surface area contributed by atoms with Gasteiger partial charge in [0.05, 0.1) is 18.8 Å². The molecule has 0 heterocycles. The van der Waals surface area contributed by atoms with E-state index >= 15 is 0 Å². The maximum Gasteiger partial charge on any atom is 0.129 e. The average molecular weight is 359 g/mol. The zero-order valence-corrected chi connectivity index (χ0v) is 14.9. The number of halogens is 1. The number of hydrogen-bond donors (Lipinski definition) is 0. The van der Waals surface area contributed by atoms with E-state index in [1.165, 1.54) is 6.07 Å². The van der Waals surface area contributed by atoms with Crippen molar-refractivity contribution in [3.05, 3.63) is 95.3 Å². The molecule has 0 aliphatic carbocycles. The molecule has 134 valence electrons. The normalized spacial score (nSPS) is 10.9. The van der Waals surface area contributed by atoms with Gasteiger partial charge in [0.15, 0.2) is 0 Å². The molecule has 4 heteroatoms. The van der Waals surface area contributed by atoms with Gasteiger partial charge in [-0.3, -0.25) is 0 Å². The van der Waals surface area contributed by atoms with Crippen molar-refractivity contribution >= 4 is 11.6 Å². The Morgan fingerprint density at radius 3 is 2.41 bits per heavy atom. The largest absolute Gasteiger partial charge is 0.497 e. The zero-order valence-electron chi connectivity index (χ0n) is 14.9. The van der Waals surface area contributed by atoms with Crippen LogP contribution in [-0.4, -0.2) is 7.11 Å². The molecule has 0 amide bonds. The fourth-order valence-electron chi connectivity index (χ4n) is 2.61. The first-order chi connectivity index (χ1) is 13.2. The molecule has 0 radical (unpaired) electrons. The van der Waals surface area contributed by atoms with Crippen LogP contribution in [0.3, 0.4) is 0 Å². The van der Waals surface area contributed by atoms with Gasteiger partial charge in [-0.2, -0.15) is 5.26 Å². The minimum Gasteiger partial charge on any atom is -0.497 e. The lowest BCUT2D eigenvalue weighted by molar-refractivity contribution is 0.299. The molecular formula is C23H18FNO2. The predicted molar refractivity (Wildman–Crippen MR) is 104 cm³/mol. The summed E-state index contributed by atoms with van der Waals surface area (Å²) in [5.41, 5.74) is 2.51. The lowest BCUT2D eigenvalue weighted by Crippen LogP contribution is -1.99. The van der Waals surface area contributed by atoms with Crippen LogP contribution >= 0.6 is 0 Å². The Morgan fingerprint density at radius 2 is 1.70 bits per heavy atom. The molecule has 0 fully saturated rings. The number of allylic oxidation sites excluding steroid dienone is 1. The van der Waals surface area contributed by atoms with Gasteiger partial charge >= 0.3 is 0 Å². The summed E-state index contributed by atoms with van der Waals surface area (Å²) in [5, 5.41) is 9.56. The van der Waals surface area contributed by atoms with Crippen LogP contribution in [0.5, 0.6) is 11.5 Å². The van der Waals surface area contributed by atoms with Gasteiger partial charge < -0.3 is 9.47 Å². The number of methoxy groups -OCH3 is 1. The van der Waals surface area contributed by atoms with E-state index in [-0.39, 0.29) is 12.4 Å². The van der Waals surface area contributed by atoms with Gasteiger partial charge in [0.2, 0.25) is 0 Å². The number of benzene rings is 3. The highest BCUT2D eigenvalue weighted by atomic mass is 19.1. The maximum atomic E-state index is 13.8. The summed E-state index contributed by atoms with van der Waals surface area (Å²) in [5.74, 6) is 1.01. The van der Waals surface area contributed by atoms with E-state index in [1.54, 1.807) is 49.6 Å². The monoisotopic (exact) mass is 359 g/mol. The van der Waals surface area contributed by atoms with Gasteiger partial charge in [-0.1, -0.05) is 36.4 Å². The Morgan fingerprint density at radius 1 is 1.00 bits per heavy atom. The molecule has 0 N–H and O–H groups in total. The quantitative estimate of drug-likeness (QED) is 0.432. The third-order valence-corrected chi connectivity index (χ3v) is 4.08. The van der Waals surface area contributed by atoms with Crippen molar-refractivity contribution in [1.82, 2.24) is 0 Å². The zero-order chi connectivity index (χ0) is 19.1. The minimum atomic E-state index is -0.304. The fraction of sp³-hybridized carbons (Fsp3) is 0.0870. The van der Waals surface area contributed by atoms with Crippen LogP contribution in [0, 0.1) is 17.1 Å². The van der Waals surface area contributed by atoms with Gasteiger partial charge in [0, 0.05) is 11.1 Å². The van der Waals surface area contributed by atoms with Crippen molar-refractivity contribution in [2.75, 3.05) is 7.11 Å². The summed E-state index contributed by atoms with van der Waals surface area (Å²) < 4.78 is 24.8.